The summed E-state index contributed by atoms with van der Waals surface area (Å²) in [6.45, 7) is 0.0914. The van der Waals surface area contributed by atoms with Crippen LogP contribution in [0.1, 0.15) is 17.9 Å². The van der Waals surface area contributed by atoms with Gasteiger partial charge in [0.1, 0.15) is 5.25 Å². The number of halogens is 3. The van der Waals surface area contributed by atoms with E-state index in [9.17, 15) is 21.6 Å². The summed E-state index contributed by atoms with van der Waals surface area (Å²) in [7, 11) is -3.62. The van der Waals surface area contributed by atoms with Crippen LogP contribution in [0.5, 0.6) is 0 Å². The highest BCUT2D eigenvalue weighted by Gasteiger charge is 2.36. The normalized spacial score (nSPS) is 20.9. The smallest absolute Gasteiger partial charge is 0.380 e. The van der Waals surface area contributed by atoms with Crippen molar-refractivity contribution in [1.29, 1.82) is 0 Å². The summed E-state index contributed by atoms with van der Waals surface area (Å²) >= 11 is 0. The number of ether oxygens (including phenoxy) is 1. The minimum absolute atomic E-state index is 0.0853. The molecule has 0 aliphatic carbocycles. The van der Waals surface area contributed by atoms with Gasteiger partial charge in [-0.3, -0.25) is 0 Å². The molecule has 1 N–H and O–H groups in total. The summed E-state index contributed by atoms with van der Waals surface area (Å²) in [5.41, 5.74) is -0.130. The third-order valence-electron chi connectivity index (χ3n) is 2.62. The molecule has 0 aromatic carbocycles. The van der Waals surface area contributed by atoms with Crippen LogP contribution < -0.4 is 4.72 Å². The maximum Gasteiger partial charge on any atom is 0.452 e. The minimum Gasteiger partial charge on any atom is -0.380 e. The molecule has 1 atom stereocenters. The number of nitrogens with zero attached hydrogens (tertiary/aromatic N) is 1. The van der Waals surface area contributed by atoms with Crippen molar-refractivity contribution >= 4 is 10.0 Å². The number of alkyl halides is 3. The van der Waals surface area contributed by atoms with Crippen LogP contribution in [-0.2, 0) is 27.5 Å². The summed E-state index contributed by atoms with van der Waals surface area (Å²) in [6, 6.07) is 0.660. The summed E-state index contributed by atoms with van der Waals surface area (Å²) in [5.74, 6) is -1.26. The molecule has 6 nitrogen and oxygen atoms in total. The Morgan fingerprint density at radius 1 is 1.47 bits per heavy atom. The molecule has 1 unspecified atom stereocenters. The molecule has 0 bridgehead atoms. The van der Waals surface area contributed by atoms with Crippen LogP contribution in [0.15, 0.2) is 10.6 Å². The summed E-state index contributed by atoms with van der Waals surface area (Å²) in [6.07, 6.45) is -4.27. The molecule has 10 heteroatoms. The highest BCUT2D eigenvalue weighted by atomic mass is 32.2. The standard InChI is InChI=1S/C9H11F3N2O4S/c10-9(11,12)8-3-6(14-18-8)4-13-19(15,16)7-1-2-17-5-7/h3,7,13H,1-2,4-5H2. The van der Waals surface area contributed by atoms with Crippen LogP contribution in [0.25, 0.3) is 0 Å². The fraction of sp³-hybridized carbons (Fsp3) is 0.667. The van der Waals surface area contributed by atoms with Crippen molar-refractivity contribution in [2.24, 2.45) is 0 Å². The highest BCUT2D eigenvalue weighted by Crippen LogP contribution is 2.29. The third-order valence-corrected chi connectivity index (χ3v) is 4.42. The van der Waals surface area contributed by atoms with E-state index in [1.54, 1.807) is 0 Å². The van der Waals surface area contributed by atoms with Crippen LogP contribution >= 0.6 is 0 Å². The van der Waals surface area contributed by atoms with E-state index < -0.39 is 27.2 Å². The van der Waals surface area contributed by atoms with Crippen LogP contribution in [0.3, 0.4) is 0 Å². The third kappa shape index (κ3) is 3.45. The molecule has 1 fully saturated rings. The van der Waals surface area contributed by atoms with Gasteiger partial charge in [0.2, 0.25) is 15.8 Å². The fourth-order valence-electron chi connectivity index (χ4n) is 1.58. The number of nitrogens with one attached hydrogen (secondary N) is 1. The van der Waals surface area contributed by atoms with E-state index >= 15 is 0 Å². The van der Waals surface area contributed by atoms with Gasteiger partial charge in [-0.15, -0.1) is 0 Å². The average molecular weight is 300 g/mol. The van der Waals surface area contributed by atoms with Crippen molar-refractivity contribution in [3.05, 3.63) is 17.5 Å². The Balaban J connectivity index is 1.97. The molecule has 0 saturated carbocycles. The zero-order valence-electron chi connectivity index (χ0n) is 9.61. The van der Waals surface area contributed by atoms with Gasteiger partial charge in [-0.1, -0.05) is 5.16 Å². The second-order valence-corrected chi connectivity index (χ2v) is 6.08. The van der Waals surface area contributed by atoms with Gasteiger partial charge in [0.15, 0.2) is 0 Å². The predicted octanol–water partition coefficient (Wildman–Crippen LogP) is 0.902. The Morgan fingerprint density at radius 3 is 2.74 bits per heavy atom. The summed E-state index contributed by atoms with van der Waals surface area (Å²) in [4.78, 5) is 0. The van der Waals surface area contributed by atoms with Gasteiger partial charge in [-0.2, -0.15) is 13.2 Å². The second kappa shape index (κ2) is 5.10. The monoisotopic (exact) mass is 300 g/mol. The number of hydrogen-bond acceptors (Lipinski definition) is 5. The lowest BCUT2D eigenvalue weighted by Gasteiger charge is -2.09. The summed E-state index contributed by atoms with van der Waals surface area (Å²) in [5, 5.41) is 2.48. The molecule has 1 aromatic rings. The Bertz CT molecular complexity index is 534. The largest absolute Gasteiger partial charge is 0.452 e. The molecule has 1 aromatic heterocycles. The average Bonchev–Trinajstić information content (AvgIpc) is 2.97. The first kappa shape index (κ1) is 14.3. The molecule has 1 aliphatic heterocycles. The van der Waals surface area contributed by atoms with Crippen LogP contribution in [0, 0.1) is 0 Å². The maximum absolute atomic E-state index is 12.2. The van der Waals surface area contributed by atoms with E-state index in [0.717, 1.165) is 0 Å². The number of hydrogen-bond donors (Lipinski definition) is 1. The zero-order valence-corrected chi connectivity index (χ0v) is 10.4. The van der Waals surface area contributed by atoms with E-state index in [4.69, 9.17) is 4.74 Å². The molecule has 0 spiro atoms. The molecular formula is C9H11F3N2O4S. The summed E-state index contributed by atoms with van der Waals surface area (Å²) < 4.78 is 71.4. The lowest BCUT2D eigenvalue weighted by atomic mass is 10.3. The lowest BCUT2D eigenvalue weighted by Crippen LogP contribution is -2.34. The Morgan fingerprint density at radius 2 is 2.21 bits per heavy atom. The fourth-order valence-corrected chi connectivity index (χ4v) is 2.85. The van der Waals surface area contributed by atoms with Gasteiger partial charge >= 0.3 is 6.18 Å². The van der Waals surface area contributed by atoms with Crippen molar-refractivity contribution in [2.45, 2.75) is 24.4 Å². The molecule has 1 saturated heterocycles. The van der Waals surface area contributed by atoms with E-state index in [2.05, 4.69) is 14.4 Å². The molecule has 108 valence electrons. The Labute approximate surface area is 107 Å². The molecule has 0 amide bonds. The van der Waals surface area contributed by atoms with Gasteiger partial charge in [0, 0.05) is 12.7 Å². The quantitative estimate of drug-likeness (QED) is 0.893. The van der Waals surface area contributed by atoms with Crippen molar-refractivity contribution in [3.63, 3.8) is 0 Å². The van der Waals surface area contributed by atoms with E-state index in [0.29, 0.717) is 19.1 Å². The first-order chi connectivity index (χ1) is 8.79. The van der Waals surface area contributed by atoms with Crippen LogP contribution in [-0.4, -0.2) is 32.0 Å². The first-order valence-electron chi connectivity index (χ1n) is 5.38. The van der Waals surface area contributed by atoms with E-state index in [1.807, 2.05) is 0 Å². The van der Waals surface area contributed by atoms with Gasteiger partial charge in [0.25, 0.3) is 0 Å². The van der Waals surface area contributed by atoms with E-state index in [-0.39, 0.29) is 18.8 Å². The number of sulfonamides is 1. The van der Waals surface area contributed by atoms with Gasteiger partial charge in [-0.05, 0) is 6.42 Å². The maximum atomic E-state index is 12.2. The van der Waals surface area contributed by atoms with Crippen molar-refractivity contribution in [1.82, 2.24) is 9.88 Å². The highest BCUT2D eigenvalue weighted by molar-refractivity contribution is 7.90. The molecular weight excluding hydrogens is 289 g/mol. The topological polar surface area (TPSA) is 81.4 Å². The molecule has 1 aliphatic rings. The van der Waals surface area contributed by atoms with Crippen molar-refractivity contribution in [3.8, 4) is 0 Å². The molecule has 2 heterocycles. The van der Waals surface area contributed by atoms with Crippen LogP contribution in [0.4, 0.5) is 13.2 Å². The molecule has 19 heavy (non-hydrogen) atoms. The zero-order chi connectivity index (χ0) is 14.1. The lowest BCUT2D eigenvalue weighted by molar-refractivity contribution is -0.155. The van der Waals surface area contributed by atoms with Gasteiger partial charge < -0.3 is 9.26 Å². The SMILES string of the molecule is O=S(=O)(NCc1cc(C(F)(F)F)on1)C1CCOC1. The van der Waals surface area contributed by atoms with E-state index in [1.165, 1.54) is 0 Å². The molecule has 2 rings (SSSR count). The number of aromatic nitrogens is 1. The first-order valence-corrected chi connectivity index (χ1v) is 6.93. The van der Waals surface area contributed by atoms with Crippen molar-refractivity contribution in [2.75, 3.05) is 13.2 Å². The van der Waals surface area contributed by atoms with Gasteiger partial charge in [-0.25, -0.2) is 13.1 Å². The van der Waals surface area contributed by atoms with Crippen LogP contribution in [0.2, 0.25) is 0 Å². The second-order valence-electron chi connectivity index (χ2n) is 4.03. The van der Waals surface area contributed by atoms with Gasteiger partial charge in [0.05, 0.1) is 18.8 Å². The Hall–Kier alpha value is -1.13. The van der Waals surface area contributed by atoms with Crippen molar-refractivity contribution < 1.29 is 30.8 Å². The Kier molecular flexibility index (Phi) is 3.83. The number of rotatable bonds is 4. The molecule has 0 radical (unpaired) electrons. The minimum atomic E-state index is -4.64. The predicted molar refractivity (Wildman–Crippen MR) is 56.5 cm³/mol.